The highest BCUT2D eigenvalue weighted by molar-refractivity contribution is 9.10. The number of hydrogen-bond acceptors (Lipinski definition) is 4. The minimum Gasteiger partial charge on any atom is -0.349 e. The Morgan fingerprint density at radius 1 is 1.20 bits per heavy atom. The molecule has 0 aliphatic heterocycles. The standard InChI is InChI=1S/C22H25BrN4O3/c1-5-27-19-18(21(29)26-22(27)30)16(11-17(25-19)12(2)3)20(28)24-13(4)10-14-6-8-15(23)9-7-14/h6-9,11-13H,5,10H2,1-4H3,(H,24,28)(H,26,29,30). The van der Waals surface area contributed by atoms with Crippen LogP contribution in [0, 0.1) is 0 Å². The molecule has 0 aliphatic rings. The monoisotopic (exact) mass is 472 g/mol. The molecule has 0 bridgehead atoms. The Balaban J connectivity index is 2.03. The summed E-state index contributed by atoms with van der Waals surface area (Å²) in [7, 11) is 0. The molecule has 158 valence electrons. The largest absolute Gasteiger partial charge is 0.349 e. The minimum atomic E-state index is -0.604. The van der Waals surface area contributed by atoms with E-state index in [-0.39, 0.29) is 34.5 Å². The predicted molar refractivity (Wildman–Crippen MR) is 121 cm³/mol. The fourth-order valence-electron chi connectivity index (χ4n) is 3.39. The summed E-state index contributed by atoms with van der Waals surface area (Å²) in [5.74, 6) is -0.332. The number of hydrogen-bond donors (Lipinski definition) is 2. The number of rotatable bonds is 6. The van der Waals surface area contributed by atoms with Crippen molar-refractivity contribution in [1.29, 1.82) is 0 Å². The van der Waals surface area contributed by atoms with E-state index in [0.717, 1.165) is 10.0 Å². The first-order valence-electron chi connectivity index (χ1n) is 9.94. The molecule has 0 spiro atoms. The fourth-order valence-corrected chi connectivity index (χ4v) is 3.65. The van der Waals surface area contributed by atoms with Crippen molar-refractivity contribution in [3.8, 4) is 0 Å². The van der Waals surface area contributed by atoms with E-state index < -0.39 is 11.2 Å². The molecule has 2 aromatic heterocycles. The summed E-state index contributed by atoms with van der Waals surface area (Å²) >= 11 is 3.41. The fraction of sp³-hybridized carbons (Fsp3) is 0.364. The molecule has 7 nitrogen and oxygen atoms in total. The van der Waals surface area contributed by atoms with Gasteiger partial charge in [-0.2, -0.15) is 0 Å². The number of H-pyrrole nitrogens is 1. The molecule has 8 heteroatoms. The summed E-state index contributed by atoms with van der Waals surface area (Å²) in [6.07, 6.45) is 0.648. The SMILES string of the molecule is CCn1c(=O)[nH]c(=O)c2c(C(=O)NC(C)Cc3ccc(Br)cc3)cc(C(C)C)nc21. The molecule has 0 saturated carbocycles. The van der Waals surface area contributed by atoms with Gasteiger partial charge in [0.2, 0.25) is 0 Å². The Hall–Kier alpha value is -2.74. The van der Waals surface area contributed by atoms with Gasteiger partial charge in [0.05, 0.1) is 10.9 Å². The molecule has 1 aromatic carbocycles. The average Bonchev–Trinajstić information content (AvgIpc) is 2.68. The summed E-state index contributed by atoms with van der Waals surface area (Å²) in [6, 6.07) is 9.40. The van der Waals surface area contributed by atoms with Gasteiger partial charge in [-0.25, -0.2) is 9.78 Å². The van der Waals surface area contributed by atoms with Crippen molar-refractivity contribution in [1.82, 2.24) is 19.9 Å². The van der Waals surface area contributed by atoms with Gasteiger partial charge in [-0.15, -0.1) is 0 Å². The van der Waals surface area contributed by atoms with Crippen LogP contribution in [-0.2, 0) is 13.0 Å². The number of aryl methyl sites for hydroxylation is 1. The van der Waals surface area contributed by atoms with Gasteiger partial charge in [0.1, 0.15) is 0 Å². The lowest BCUT2D eigenvalue weighted by Crippen LogP contribution is -2.36. The molecular formula is C22H25BrN4O3. The summed E-state index contributed by atoms with van der Waals surface area (Å²) in [5, 5.41) is 3.11. The quantitative estimate of drug-likeness (QED) is 0.574. The first kappa shape index (κ1) is 22.0. The van der Waals surface area contributed by atoms with E-state index in [4.69, 9.17) is 0 Å². The molecule has 1 atom stereocenters. The number of nitrogens with one attached hydrogen (secondary N) is 2. The van der Waals surface area contributed by atoms with Crippen LogP contribution < -0.4 is 16.6 Å². The van der Waals surface area contributed by atoms with Crippen molar-refractivity contribution in [2.24, 2.45) is 0 Å². The van der Waals surface area contributed by atoms with Crippen molar-refractivity contribution in [3.05, 3.63) is 72.5 Å². The molecule has 30 heavy (non-hydrogen) atoms. The number of nitrogens with zero attached hydrogens (tertiary/aromatic N) is 2. The van der Waals surface area contributed by atoms with Crippen LogP contribution in [0.5, 0.6) is 0 Å². The second-order valence-electron chi connectivity index (χ2n) is 7.66. The van der Waals surface area contributed by atoms with E-state index in [1.54, 1.807) is 13.0 Å². The van der Waals surface area contributed by atoms with Crippen LogP contribution in [0.4, 0.5) is 0 Å². The van der Waals surface area contributed by atoms with Gasteiger partial charge in [-0.05, 0) is 49.9 Å². The van der Waals surface area contributed by atoms with Gasteiger partial charge in [0, 0.05) is 22.8 Å². The second kappa shape index (κ2) is 8.95. The van der Waals surface area contributed by atoms with Gasteiger partial charge < -0.3 is 5.32 Å². The zero-order valence-corrected chi connectivity index (χ0v) is 19.0. The van der Waals surface area contributed by atoms with Crippen molar-refractivity contribution in [3.63, 3.8) is 0 Å². The third kappa shape index (κ3) is 4.53. The van der Waals surface area contributed by atoms with Gasteiger partial charge in [0.25, 0.3) is 11.5 Å². The van der Waals surface area contributed by atoms with E-state index in [9.17, 15) is 14.4 Å². The Morgan fingerprint density at radius 2 is 1.87 bits per heavy atom. The third-order valence-corrected chi connectivity index (χ3v) is 5.48. The number of fused-ring (bicyclic) bond motifs is 1. The molecule has 3 rings (SSSR count). The Kier molecular flexibility index (Phi) is 6.55. The van der Waals surface area contributed by atoms with Crippen LogP contribution in [0.3, 0.4) is 0 Å². The number of amides is 1. The molecule has 0 saturated heterocycles. The number of carbonyl (C=O) groups is 1. The summed E-state index contributed by atoms with van der Waals surface area (Å²) in [6.45, 7) is 7.95. The van der Waals surface area contributed by atoms with Crippen molar-refractivity contribution < 1.29 is 4.79 Å². The topological polar surface area (TPSA) is 96.9 Å². The van der Waals surface area contributed by atoms with Gasteiger partial charge in [0.15, 0.2) is 5.65 Å². The second-order valence-corrected chi connectivity index (χ2v) is 8.57. The van der Waals surface area contributed by atoms with Crippen LogP contribution in [0.1, 0.15) is 55.2 Å². The Morgan fingerprint density at radius 3 is 2.47 bits per heavy atom. The van der Waals surface area contributed by atoms with Crippen molar-refractivity contribution in [2.75, 3.05) is 0 Å². The van der Waals surface area contributed by atoms with Gasteiger partial charge in [-0.1, -0.05) is 41.9 Å². The van der Waals surface area contributed by atoms with Gasteiger partial charge >= 0.3 is 5.69 Å². The predicted octanol–water partition coefficient (Wildman–Crippen LogP) is 3.35. The smallest absolute Gasteiger partial charge is 0.329 e. The lowest BCUT2D eigenvalue weighted by atomic mass is 10.0. The highest BCUT2D eigenvalue weighted by atomic mass is 79.9. The molecule has 3 aromatic rings. The van der Waals surface area contributed by atoms with Crippen molar-refractivity contribution in [2.45, 2.75) is 52.6 Å². The van der Waals surface area contributed by atoms with Crippen LogP contribution in [0.25, 0.3) is 11.0 Å². The molecule has 0 fully saturated rings. The molecule has 1 unspecified atom stereocenters. The van der Waals surface area contributed by atoms with E-state index >= 15 is 0 Å². The molecule has 0 radical (unpaired) electrons. The van der Waals surface area contributed by atoms with Crippen LogP contribution >= 0.6 is 15.9 Å². The number of benzene rings is 1. The number of carbonyl (C=O) groups excluding carboxylic acids is 1. The van der Waals surface area contributed by atoms with E-state index in [1.807, 2.05) is 45.0 Å². The maximum atomic E-state index is 13.1. The van der Waals surface area contributed by atoms with Crippen LogP contribution in [0.15, 0.2) is 44.4 Å². The van der Waals surface area contributed by atoms with Gasteiger partial charge in [-0.3, -0.25) is 19.1 Å². The van der Waals surface area contributed by atoms with Crippen LogP contribution in [-0.4, -0.2) is 26.5 Å². The average molecular weight is 473 g/mol. The molecule has 2 N–H and O–H groups in total. The molecule has 1 amide bonds. The maximum Gasteiger partial charge on any atom is 0.329 e. The Bertz CT molecular complexity index is 1200. The lowest BCUT2D eigenvalue weighted by molar-refractivity contribution is 0.0941. The highest BCUT2D eigenvalue weighted by Gasteiger charge is 2.21. The Labute approximate surface area is 182 Å². The number of aromatic nitrogens is 3. The highest BCUT2D eigenvalue weighted by Crippen LogP contribution is 2.20. The van der Waals surface area contributed by atoms with Crippen molar-refractivity contribution >= 4 is 32.9 Å². The van der Waals surface area contributed by atoms with E-state index in [2.05, 4.69) is 31.2 Å². The summed E-state index contributed by atoms with van der Waals surface area (Å²) in [5.41, 5.74) is 1.08. The normalized spacial score (nSPS) is 12.3. The first-order chi connectivity index (χ1) is 14.2. The van der Waals surface area contributed by atoms with E-state index in [1.165, 1.54) is 4.57 Å². The number of aromatic amines is 1. The number of pyridine rings is 1. The lowest BCUT2D eigenvalue weighted by Gasteiger charge is -2.17. The molecule has 2 heterocycles. The van der Waals surface area contributed by atoms with Crippen LogP contribution in [0.2, 0.25) is 0 Å². The molecule has 0 aliphatic carbocycles. The zero-order valence-electron chi connectivity index (χ0n) is 17.5. The first-order valence-corrected chi connectivity index (χ1v) is 10.7. The summed E-state index contributed by atoms with van der Waals surface area (Å²) in [4.78, 5) is 44.8. The van der Waals surface area contributed by atoms with E-state index in [0.29, 0.717) is 18.7 Å². The summed E-state index contributed by atoms with van der Waals surface area (Å²) < 4.78 is 2.37. The zero-order chi connectivity index (χ0) is 22.0. The third-order valence-electron chi connectivity index (χ3n) is 4.95. The number of halogens is 1. The minimum absolute atomic E-state index is 0.0286. The molecular weight excluding hydrogens is 448 g/mol. The maximum absolute atomic E-state index is 13.1.